The number of nitrogens with one attached hydrogen (secondary N) is 1. The van der Waals surface area contributed by atoms with Gasteiger partial charge in [-0.15, -0.1) is 0 Å². The van der Waals surface area contributed by atoms with Crippen LogP contribution in [0.15, 0.2) is 11.8 Å². The van der Waals surface area contributed by atoms with Gasteiger partial charge in [0.15, 0.2) is 0 Å². The van der Waals surface area contributed by atoms with Crippen molar-refractivity contribution < 1.29 is 0 Å². The number of hydrogen-bond donors (Lipinski definition) is 1. The van der Waals surface area contributed by atoms with E-state index in [1.807, 2.05) is 0 Å². The minimum Gasteiger partial charge on any atom is -0.388 e. The molecule has 1 heterocycles. The van der Waals surface area contributed by atoms with E-state index in [0.717, 1.165) is 18.7 Å². The average Bonchev–Trinajstić information content (AvgIpc) is 1.86. The van der Waals surface area contributed by atoms with Gasteiger partial charge in [-0.25, -0.2) is 0 Å². The highest BCUT2D eigenvalue weighted by Crippen LogP contribution is 1.95. The Kier molecular flexibility index (Phi) is 0.825. The van der Waals surface area contributed by atoms with E-state index >= 15 is 0 Å². The molecule has 0 fully saturated rings. The van der Waals surface area contributed by atoms with Crippen molar-refractivity contribution in [2.75, 3.05) is 6.54 Å². The zero-order valence-electron chi connectivity index (χ0n) is 3.70. The Morgan fingerprint density at radius 1 is 1.83 bits per heavy atom. The first-order valence-corrected chi connectivity index (χ1v) is 2.15. The maximum absolute atomic E-state index is 3.69. The monoisotopic (exact) mass is 82.1 g/mol. The lowest BCUT2D eigenvalue weighted by atomic mass is 10.4. The fourth-order valence-electron chi connectivity index (χ4n) is 0.551. The molecule has 1 heteroatoms. The van der Waals surface area contributed by atoms with Crippen LogP contribution in [0, 0.1) is 6.92 Å². The average molecular weight is 82.1 g/mol. The Morgan fingerprint density at radius 2 is 2.67 bits per heavy atom. The van der Waals surface area contributed by atoms with Gasteiger partial charge >= 0.3 is 0 Å². The molecule has 1 radical (unpaired) electrons. The molecule has 6 heavy (non-hydrogen) atoms. The molecule has 0 atom stereocenters. The van der Waals surface area contributed by atoms with Crippen molar-refractivity contribution in [1.82, 2.24) is 5.32 Å². The van der Waals surface area contributed by atoms with Crippen molar-refractivity contribution >= 4 is 0 Å². The number of rotatable bonds is 0. The molecule has 0 saturated heterocycles. The summed E-state index contributed by atoms with van der Waals surface area (Å²) in [7, 11) is 0. The predicted octanol–water partition coefficient (Wildman–Crippen LogP) is 0.698. The summed E-state index contributed by atoms with van der Waals surface area (Å²) in [5.41, 5.74) is 1.08. The lowest BCUT2D eigenvalue weighted by Crippen LogP contribution is -2.03. The predicted molar refractivity (Wildman–Crippen MR) is 26.1 cm³/mol. The third kappa shape index (κ3) is 0.534. The van der Waals surface area contributed by atoms with Gasteiger partial charge in [0, 0.05) is 12.2 Å². The molecule has 0 saturated carbocycles. The highest BCUT2D eigenvalue weighted by atomic mass is 14.9. The van der Waals surface area contributed by atoms with E-state index in [2.05, 4.69) is 18.3 Å². The van der Waals surface area contributed by atoms with Crippen LogP contribution in [0.3, 0.4) is 0 Å². The first-order valence-electron chi connectivity index (χ1n) is 2.15. The second-order valence-corrected chi connectivity index (χ2v) is 1.44. The fraction of sp³-hybridized carbons (Fsp3) is 0.400. The largest absolute Gasteiger partial charge is 0.388 e. The summed E-state index contributed by atoms with van der Waals surface area (Å²) in [6.07, 6.45) is 3.25. The number of hydrogen-bond acceptors (Lipinski definition) is 1. The second kappa shape index (κ2) is 1.33. The van der Waals surface area contributed by atoms with Crippen LogP contribution in [0.5, 0.6) is 0 Å². The molecule has 0 unspecified atom stereocenters. The van der Waals surface area contributed by atoms with Crippen LogP contribution >= 0.6 is 0 Å². The molecule has 0 bridgehead atoms. The van der Waals surface area contributed by atoms with Crippen molar-refractivity contribution in [2.24, 2.45) is 0 Å². The van der Waals surface area contributed by atoms with Gasteiger partial charge in [-0.1, -0.05) is 6.08 Å². The SMILES string of the molecule is [CH2]C1=CCCN1. The fourth-order valence-corrected chi connectivity index (χ4v) is 0.551. The zero-order valence-corrected chi connectivity index (χ0v) is 3.70. The summed E-state index contributed by atoms with van der Waals surface area (Å²) in [6, 6.07) is 0. The topological polar surface area (TPSA) is 12.0 Å². The van der Waals surface area contributed by atoms with Gasteiger partial charge in [0.05, 0.1) is 0 Å². The van der Waals surface area contributed by atoms with Crippen molar-refractivity contribution in [3.8, 4) is 0 Å². The van der Waals surface area contributed by atoms with Gasteiger partial charge in [0.1, 0.15) is 0 Å². The van der Waals surface area contributed by atoms with Crippen LogP contribution < -0.4 is 5.32 Å². The van der Waals surface area contributed by atoms with Crippen LogP contribution in [0.25, 0.3) is 0 Å². The molecule has 1 N–H and O–H groups in total. The molecular formula is C5H8N. The summed E-state index contributed by atoms with van der Waals surface area (Å²) in [4.78, 5) is 0. The molecule has 1 rings (SSSR count). The molecule has 0 amide bonds. The van der Waals surface area contributed by atoms with Gasteiger partial charge in [-0.3, -0.25) is 0 Å². The molecular weight excluding hydrogens is 74.1 g/mol. The Balaban J connectivity index is 2.45. The smallest absolute Gasteiger partial charge is 0.0179 e. The molecule has 0 aromatic carbocycles. The van der Waals surface area contributed by atoms with E-state index in [-0.39, 0.29) is 0 Å². The van der Waals surface area contributed by atoms with Crippen LogP contribution in [-0.4, -0.2) is 6.54 Å². The van der Waals surface area contributed by atoms with Crippen molar-refractivity contribution in [2.45, 2.75) is 6.42 Å². The highest BCUT2D eigenvalue weighted by Gasteiger charge is 1.92. The van der Waals surface area contributed by atoms with Crippen LogP contribution in [-0.2, 0) is 0 Å². The first kappa shape index (κ1) is 3.72. The summed E-state index contributed by atoms with van der Waals surface area (Å²) in [6.45, 7) is 4.77. The van der Waals surface area contributed by atoms with E-state index in [4.69, 9.17) is 0 Å². The third-order valence-corrected chi connectivity index (χ3v) is 0.887. The number of allylic oxidation sites excluding steroid dienone is 1. The van der Waals surface area contributed by atoms with E-state index in [0.29, 0.717) is 0 Å². The lowest BCUT2D eigenvalue weighted by Gasteiger charge is -1.88. The zero-order chi connectivity index (χ0) is 4.41. The summed E-state index contributed by atoms with van der Waals surface area (Å²) < 4.78 is 0. The lowest BCUT2D eigenvalue weighted by molar-refractivity contribution is 0.892. The van der Waals surface area contributed by atoms with E-state index in [1.54, 1.807) is 0 Å². The van der Waals surface area contributed by atoms with Crippen LogP contribution in [0.2, 0.25) is 0 Å². The third-order valence-electron chi connectivity index (χ3n) is 0.887. The minimum atomic E-state index is 1.08. The Labute approximate surface area is 38.1 Å². The van der Waals surface area contributed by atoms with E-state index in [9.17, 15) is 0 Å². The summed E-state index contributed by atoms with van der Waals surface area (Å²) in [5, 5.41) is 3.07. The van der Waals surface area contributed by atoms with Gasteiger partial charge in [0.25, 0.3) is 0 Å². The van der Waals surface area contributed by atoms with Gasteiger partial charge in [0.2, 0.25) is 0 Å². The maximum Gasteiger partial charge on any atom is 0.0179 e. The van der Waals surface area contributed by atoms with Crippen LogP contribution in [0.1, 0.15) is 6.42 Å². The molecule has 1 aliphatic heterocycles. The molecule has 1 nitrogen and oxygen atoms in total. The first-order chi connectivity index (χ1) is 2.89. The Hall–Kier alpha value is -0.460. The Bertz CT molecular complexity index is 74.0. The van der Waals surface area contributed by atoms with Crippen molar-refractivity contribution in [3.63, 3.8) is 0 Å². The Morgan fingerprint density at radius 3 is 2.83 bits per heavy atom. The molecule has 0 aromatic heterocycles. The van der Waals surface area contributed by atoms with Crippen LogP contribution in [0.4, 0.5) is 0 Å². The van der Waals surface area contributed by atoms with Crippen molar-refractivity contribution in [3.05, 3.63) is 18.7 Å². The second-order valence-electron chi connectivity index (χ2n) is 1.44. The van der Waals surface area contributed by atoms with E-state index < -0.39 is 0 Å². The van der Waals surface area contributed by atoms with Gasteiger partial charge in [-0.05, 0) is 13.3 Å². The molecule has 0 aromatic rings. The normalized spacial score (nSPS) is 19.8. The van der Waals surface area contributed by atoms with Crippen molar-refractivity contribution in [1.29, 1.82) is 0 Å². The highest BCUT2D eigenvalue weighted by molar-refractivity contribution is 5.07. The summed E-state index contributed by atoms with van der Waals surface area (Å²) >= 11 is 0. The molecule has 0 spiro atoms. The molecule has 33 valence electrons. The molecule has 0 aliphatic carbocycles. The molecule has 1 aliphatic rings. The summed E-state index contributed by atoms with van der Waals surface area (Å²) in [5.74, 6) is 0. The van der Waals surface area contributed by atoms with Gasteiger partial charge in [-0.2, -0.15) is 0 Å². The van der Waals surface area contributed by atoms with Gasteiger partial charge < -0.3 is 5.32 Å². The maximum atomic E-state index is 3.69. The van der Waals surface area contributed by atoms with E-state index in [1.165, 1.54) is 0 Å². The standard InChI is InChI=1S/C5H8N/c1-5-3-2-4-6-5/h3,6H,1-2,4H2. The minimum absolute atomic E-state index is 1.08. The quantitative estimate of drug-likeness (QED) is 0.453.